The lowest BCUT2D eigenvalue weighted by Gasteiger charge is -2.14. The second-order valence-corrected chi connectivity index (χ2v) is 7.08. The Morgan fingerprint density at radius 2 is 1.92 bits per heavy atom. The molecule has 5 nitrogen and oxygen atoms in total. The van der Waals surface area contributed by atoms with E-state index in [2.05, 4.69) is 21.9 Å². The summed E-state index contributed by atoms with van der Waals surface area (Å²) in [5, 5.41) is 16.9. The average Bonchev–Trinajstić information content (AvgIpc) is 2.59. The Hall–Kier alpha value is -1.40. The predicted octanol–water partition coefficient (Wildman–Crippen LogP) is 3.21. The van der Waals surface area contributed by atoms with Crippen LogP contribution in [0.1, 0.15) is 45.3 Å². The maximum atomic E-state index is 10.3. The number of aliphatic imine (C=N–C) groups is 1. The van der Waals surface area contributed by atoms with Gasteiger partial charge >= 0.3 is 0 Å². The summed E-state index contributed by atoms with van der Waals surface area (Å²) in [5.74, 6) is 2.75. The van der Waals surface area contributed by atoms with Gasteiger partial charge in [0.05, 0.1) is 18.8 Å². The largest absolute Gasteiger partial charge is 0.491 e. The first kappa shape index (κ1) is 21.6. The molecule has 0 bridgehead atoms. The maximum Gasteiger partial charge on any atom is 0.191 e. The molecule has 6 heteroatoms. The molecule has 0 saturated heterocycles. The Balaban J connectivity index is 2.50. The van der Waals surface area contributed by atoms with Crippen LogP contribution in [0.15, 0.2) is 29.3 Å². The molecule has 1 unspecified atom stereocenters. The molecule has 0 aliphatic rings. The lowest BCUT2D eigenvalue weighted by molar-refractivity contribution is 0.186. The SMILES string of the molecule is CCNC(=NCC(O)c1ccc(OC(C)C)cc1)NCCCCSC. The van der Waals surface area contributed by atoms with Crippen LogP contribution >= 0.6 is 11.8 Å². The smallest absolute Gasteiger partial charge is 0.191 e. The van der Waals surface area contributed by atoms with E-state index in [1.807, 2.05) is 56.8 Å². The van der Waals surface area contributed by atoms with E-state index in [0.29, 0.717) is 6.54 Å². The maximum absolute atomic E-state index is 10.3. The van der Waals surface area contributed by atoms with E-state index in [0.717, 1.165) is 36.8 Å². The fraction of sp³-hybridized carbons (Fsp3) is 0.632. The molecule has 0 spiro atoms. The van der Waals surface area contributed by atoms with Gasteiger partial charge in [0.25, 0.3) is 0 Å². The number of hydrogen-bond acceptors (Lipinski definition) is 4. The fourth-order valence-corrected chi connectivity index (χ4v) is 2.74. The van der Waals surface area contributed by atoms with Crippen LogP contribution in [-0.2, 0) is 0 Å². The fourth-order valence-electron chi connectivity index (χ4n) is 2.24. The van der Waals surface area contributed by atoms with Crippen molar-refractivity contribution in [2.45, 2.75) is 45.8 Å². The lowest BCUT2D eigenvalue weighted by Crippen LogP contribution is -2.38. The Morgan fingerprint density at radius 3 is 2.52 bits per heavy atom. The molecule has 3 N–H and O–H groups in total. The van der Waals surface area contributed by atoms with Gasteiger partial charge in [0.1, 0.15) is 5.75 Å². The Morgan fingerprint density at radius 1 is 1.20 bits per heavy atom. The third-order valence-corrected chi connectivity index (χ3v) is 4.17. The van der Waals surface area contributed by atoms with Gasteiger partial charge in [-0.1, -0.05) is 12.1 Å². The van der Waals surface area contributed by atoms with Crippen molar-refractivity contribution in [2.24, 2.45) is 4.99 Å². The second-order valence-electron chi connectivity index (χ2n) is 6.10. The number of guanidine groups is 1. The zero-order chi connectivity index (χ0) is 18.5. The van der Waals surface area contributed by atoms with E-state index < -0.39 is 6.10 Å². The number of ether oxygens (including phenoxy) is 1. The highest BCUT2D eigenvalue weighted by molar-refractivity contribution is 7.98. The summed E-state index contributed by atoms with van der Waals surface area (Å²) in [6.45, 7) is 8.04. The van der Waals surface area contributed by atoms with Gasteiger partial charge in [-0.25, -0.2) is 0 Å². The minimum Gasteiger partial charge on any atom is -0.491 e. The molecule has 0 amide bonds. The summed E-state index contributed by atoms with van der Waals surface area (Å²) < 4.78 is 5.62. The number of hydrogen-bond donors (Lipinski definition) is 3. The van der Waals surface area contributed by atoms with Gasteiger partial charge in [-0.2, -0.15) is 11.8 Å². The number of thioether (sulfide) groups is 1. The van der Waals surface area contributed by atoms with Crippen molar-refractivity contribution in [1.29, 1.82) is 0 Å². The van der Waals surface area contributed by atoms with E-state index >= 15 is 0 Å². The summed E-state index contributed by atoms with van der Waals surface area (Å²) in [5.41, 5.74) is 0.843. The van der Waals surface area contributed by atoms with Crippen molar-refractivity contribution in [3.63, 3.8) is 0 Å². The number of rotatable bonds is 11. The van der Waals surface area contributed by atoms with Crippen LogP contribution in [0.3, 0.4) is 0 Å². The van der Waals surface area contributed by atoms with Crippen molar-refractivity contribution in [3.8, 4) is 5.75 Å². The first-order valence-corrected chi connectivity index (χ1v) is 10.4. The van der Waals surface area contributed by atoms with Gasteiger partial charge in [0, 0.05) is 13.1 Å². The average molecular weight is 368 g/mol. The number of benzene rings is 1. The third-order valence-electron chi connectivity index (χ3n) is 3.47. The van der Waals surface area contributed by atoms with Crippen LogP contribution in [-0.4, -0.2) is 48.8 Å². The summed E-state index contributed by atoms with van der Waals surface area (Å²) in [6.07, 6.45) is 3.96. The molecule has 0 aliphatic heterocycles. The number of aliphatic hydroxyl groups is 1. The molecule has 0 saturated carbocycles. The molecule has 0 aromatic heterocycles. The first-order valence-electron chi connectivity index (χ1n) is 9.02. The molecular weight excluding hydrogens is 334 g/mol. The molecule has 0 fully saturated rings. The van der Waals surface area contributed by atoms with Crippen LogP contribution in [0.2, 0.25) is 0 Å². The van der Waals surface area contributed by atoms with Gasteiger partial charge in [-0.05, 0) is 63.3 Å². The number of nitrogens with zero attached hydrogens (tertiary/aromatic N) is 1. The topological polar surface area (TPSA) is 65.9 Å². The van der Waals surface area contributed by atoms with E-state index in [9.17, 15) is 5.11 Å². The van der Waals surface area contributed by atoms with Gasteiger partial charge in [0.2, 0.25) is 0 Å². The molecule has 0 aliphatic carbocycles. The highest BCUT2D eigenvalue weighted by atomic mass is 32.2. The van der Waals surface area contributed by atoms with Crippen LogP contribution < -0.4 is 15.4 Å². The monoisotopic (exact) mass is 367 g/mol. The molecule has 0 heterocycles. The van der Waals surface area contributed by atoms with E-state index in [1.165, 1.54) is 12.2 Å². The molecule has 1 aromatic rings. The summed E-state index contributed by atoms with van der Waals surface area (Å²) in [7, 11) is 0. The van der Waals surface area contributed by atoms with Gasteiger partial charge in [-0.3, -0.25) is 4.99 Å². The number of nitrogens with one attached hydrogen (secondary N) is 2. The third kappa shape index (κ3) is 9.60. The summed E-state index contributed by atoms with van der Waals surface area (Å²) in [4.78, 5) is 4.49. The standard InChI is InChI=1S/C19H33N3O2S/c1-5-20-19(21-12-6-7-13-25-4)22-14-18(23)16-8-10-17(11-9-16)24-15(2)3/h8-11,15,18,23H,5-7,12-14H2,1-4H3,(H2,20,21,22). The Bertz CT molecular complexity index is 492. The molecule has 142 valence electrons. The van der Waals surface area contributed by atoms with E-state index in [-0.39, 0.29) is 6.10 Å². The van der Waals surface area contributed by atoms with Crippen molar-refractivity contribution >= 4 is 17.7 Å². The van der Waals surface area contributed by atoms with Crippen LogP contribution in [0.25, 0.3) is 0 Å². The van der Waals surface area contributed by atoms with E-state index in [1.54, 1.807) is 0 Å². The summed E-state index contributed by atoms with van der Waals surface area (Å²) >= 11 is 1.87. The molecule has 1 rings (SSSR count). The molecule has 1 atom stereocenters. The minimum absolute atomic E-state index is 0.144. The highest BCUT2D eigenvalue weighted by Crippen LogP contribution is 2.19. The highest BCUT2D eigenvalue weighted by Gasteiger charge is 2.08. The molecule has 25 heavy (non-hydrogen) atoms. The van der Waals surface area contributed by atoms with Gasteiger partial charge in [0.15, 0.2) is 5.96 Å². The normalized spacial score (nSPS) is 13.0. The lowest BCUT2D eigenvalue weighted by atomic mass is 10.1. The van der Waals surface area contributed by atoms with Crippen LogP contribution in [0, 0.1) is 0 Å². The van der Waals surface area contributed by atoms with Crippen LogP contribution in [0.4, 0.5) is 0 Å². The van der Waals surface area contributed by atoms with Gasteiger partial charge in [-0.15, -0.1) is 0 Å². The van der Waals surface area contributed by atoms with Crippen molar-refractivity contribution in [1.82, 2.24) is 10.6 Å². The zero-order valence-corrected chi connectivity index (χ0v) is 16.7. The van der Waals surface area contributed by atoms with Gasteiger partial charge < -0.3 is 20.5 Å². The molecular formula is C19H33N3O2S. The number of aliphatic hydroxyl groups excluding tert-OH is 1. The predicted molar refractivity (Wildman–Crippen MR) is 109 cm³/mol. The number of unbranched alkanes of at least 4 members (excludes halogenated alkanes) is 1. The molecule has 0 radical (unpaired) electrons. The van der Waals surface area contributed by atoms with Crippen molar-refractivity contribution in [2.75, 3.05) is 31.6 Å². The zero-order valence-electron chi connectivity index (χ0n) is 15.9. The van der Waals surface area contributed by atoms with E-state index in [4.69, 9.17) is 4.74 Å². The second kappa shape index (κ2) is 12.9. The quantitative estimate of drug-likeness (QED) is 0.318. The van der Waals surface area contributed by atoms with Crippen molar-refractivity contribution < 1.29 is 9.84 Å². The first-order chi connectivity index (χ1) is 12.1. The van der Waals surface area contributed by atoms with Crippen molar-refractivity contribution in [3.05, 3.63) is 29.8 Å². The summed E-state index contributed by atoms with van der Waals surface area (Å²) in [6, 6.07) is 7.55. The Labute approximate surface area is 156 Å². The van der Waals surface area contributed by atoms with Crippen LogP contribution in [0.5, 0.6) is 5.75 Å². The Kier molecular flexibility index (Phi) is 11.2. The molecule has 1 aromatic carbocycles. The minimum atomic E-state index is -0.625.